The van der Waals surface area contributed by atoms with Crippen LogP contribution in [0.2, 0.25) is 0 Å². The number of aromatic nitrogens is 1. The Morgan fingerprint density at radius 2 is 1.95 bits per heavy atom. The summed E-state index contributed by atoms with van der Waals surface area (Å²) < 4.78 is 4.78. The van der Waals surface area contributed by atoms with E-state index in [0.29, 0.717) is 5.13 Å². The third kappa shape index (κ3) is 3.23. The Kier molecular flexibility index (Phi) is 4.52. The number of hydrogen-bond acceptors (Lipinski definition) is 4. The summed E-state index contributed by atoms with van der Waals surface area (Å²) in [6.45, 7) is 6.30. The average Bonchev–Trinajstić information content (AvgIpc) is 2.82. The Morgan fingerprint density at radius 1 is 1.25 bits per heavy atom. The van der Waals surface area contributed by atoms with Crippen molar-refractivity contribution >= 4 is 22.4 Å². The molecule has 1 aromatic heterocycles. The van der Waals surface area contributed by atoms with Crippen LogP contribution in [0.25, 0.3) is 11.3 Å². The molecule has 0 saturated heterocycles. The lowest BCUT2D eigenvalue weighted by Crippen LogP contribution is -2.16. The molecule has 0 aliphatic carbocycles. The minimum atomic E-state index is -0.190. The quantitative estimate of drug-likeness (QED) is 0.939. The molecule has 0 aliphatic rings. The van der Waals surface area contributed by atoms with Crippen molar-refractivity contribution in [1.29, 1.82) is 0 Å². The highest BCUT2D eigenvalue weighted by Gasteiger charge is 2.10. The molecule has 20 heavy (non-hydrogen) atoms. The highest BCUT2D eigenvalue weighted by Crippen LogP contribution is 2.29. The molecule has 5 heteroatoms. The predicted octanol–water partition coefficient (Wildman–Crippen LogP) is 3.32. The van der Waals surface area contributed by atoms with Gasteiger partial charge in [-0.3, -0.25) is 10.1 Å². The normalized spacial score (nSPS) is 10.6. The van der Waals surface area contributed by atoms with Crippen LogP contribution >= 0.6 is 11.3 Å². The molecule has 0 atom stereocenters. The van der Waals surface area contributed by atoms with Crippen LogP contribution in [0, 0.1) is 20.8 Å². The number of amides is 1. The molecule has 106 valence electrons. The van der Waals surface area contributed by atoms with Crippen LogP contribution in [0.15, 0.2) is 17.5 Å². The van der Waals surface area contributed by atoms with Crippen molar-refractivity contribution in [2.45, 2.75) is 20.8 Å². The zero-order valence-corrected chi connectivity index (χ0v) is 12.9. The Hall–Kier alpha value is -1.72. The molecule has 1 aromatic carbocycles. The fourth-order valence-electron chi connectivity index (χ4n) is 1.98. The lowest BCUT2D eigenvalue weighted by molar-refractivity contribution is -0.119. The lowest BCUT2D eigenvalue weighted by Gasteiger charge is -2.07. The molecule has 1 heterocycles. The number of carbonyl (C=O) groups is 1. The van der Waals surface area contributed by atoms with Crippen LogP contribution in [-0.2, 0) is 9.53 Å². The second-order valence-electron chi connectivity index (χ2n) is 4.77. The summed E-state index contributed by atoms with van der Waals surface area (Å²) in [5.74, 6) is -0.190. The fraction of sp³-hybridized carbons (Fsp3) is 0.333. The van der Waals surface area contributed by atoms with E-state index in [4.69, 9.17) is 4.74 Å². The van der Waals surface area contributed by atoms with Crippen LogP contribution in [0.3, 0.4) is 0 Å². The number of benzene rings is 1. The van der Waals surface area contributed by atoms with Crippen LogP contribution in [0.4, 0.5) is 5.13 Å². The molecule has 0 radical (unpaired) electrons. The monoisotopic (exact) mass is 290 g/mol. The van der Waals surface area contributed by atoms with Gasteiger partial charge in [0.15, 0.2) is 5.13 Å². The molecule has 0 bridgehead atoms. The smallest absolute Gasteiger partial charge is 0.252 e. The van der Waals surface area contributed by atoms with Gasteiger partial charge in [-0.25, -0.2) is 4.98 Å². The highest BCUT2D eigenvalue weighted by atomic mass is 32.1. The van der Waals surface area contributed by atoms with Gasteiger partial charge in [-0.05, 0) is 43.5 Å². The summed E-state index contributed by atoms with van der Waals surface area (Å²) in [6.07, 6.45) is 0. The van der Waals surface area contributed by atoms with E-state index < -0.39 is 0 Å². The standard InChI is InChI=1S/C15H18N2O2S/c1-9-5-11(3)12(6-10(9)2)13-8-20-15(16-13)17-14(18)7-19-4/h5-6,8H,7H2,1-4H3,(H,16,17,18). The minimum absolute atomic E-state index is 0.0393. The maximum absolute atomic E-state index is 11.5. The maximum Gasteiger partial charge on any atom is 0.252 e. The Balaban J connectivity index is 2.25. The van der Waals surface area contributed by atoms with E-state index in [2.05, 4.69) is 43.2 Å². The number of nitrogens with one attached hydrogen (secondary N) is 1. The molecular weight excluding hydrogens is 272 g/mol. The zero-order chi connectivity index (χ0) is 14.7. The SMILES string of the molecule is COCC(=O)Nc1nc(-c2cc(C)c(C)cc2C)cs1. The Bertz CT molecular complexity index is 635. The van der Waals surface area contributed by atoms with Crippen LogP contribution in [-0.4, -0.2) is 24.6 Å². The summed E-state index contributed by atoms with van der Waals surface area (Å²) >= 11 is 1.42. The predicted molar refractivity (Wildman–Crippen MR) is 82.3 cm³/mol. The summed E-state index contributed by atoms with van der Waals surface area (Å²) in [5, 5.41) is 5.28. The van der Waals surface area contributed by atoms with Gasteiger partial charge >= 0.3 is 0 Å². The average molecular weight is 290 g/mol. The summed E-state index contributed by atoms with van der Waals surface area (Å²) in [7, 11) is 1.49. The molecule has 0 saturated carbocycles. The molecule has 0 unspecified atom stereocenters. The molecular formula is C15H18N2O2S. The number of methoxy groups -OCH3 is 1. The number of thiazole rings is 1. The second-order valence-corrected chi connectivity index (χ2v) is 5.63. The fourth-order valence-corrected chi connectivity index (χ4v) is 2.70. The third-order valence-corrected chi connectivity index (χ3v) is 3.90. The number of rotatable bonds is 4. The Labute approximate surface area is 122 Å². The van der Waals surface area contributed by atoms with E-state index in [1.54, 1.807) is 0 Å². The summed E-state index contributed by atoms with van der Waals surface area (Å²) in [4.78, 5) is 15.9. The van der Waals surface area contributed by atoms with Gasteiger partial charge in [0, 0.05) is 18.1 Å². The first-order valence-corrected chi connectivity index (χ1v) is 7.21. The van der Waals surface area contributed by atoms with Crippen molar-refractivity contribution in [2.75, 3.05) is 19.0 Å². The van der Waals surface area contributed by atoms with Gasteiger partial charge in [0.1, 0.15) is 6.61 Å². The maximum atomic E-state index is 11.5. The first-order chi connectivity index (χ1) is 9.51. The number of nitrogens with zero attached hydrogens (tertiary/aromatic N) is 1. The van der Waals surface area contributed by atoms with Crippen molar-refractivity contribution in [3.05, 3.63) is 34.2 Å². The lowest BCUT2D eigenvalue weighted by atomic mass is 9.99. The van der Waals surface area contributed by atoms with Gasteiger partial charge in [-0.2, -0.15) is 0 Å². The molecule has 1 N–H and O–H groups in total. The first-order valence-electron chi connectivity index (χ1n) is 6.34. The van der Waals surface area contributed by atoms with Gasteiger partial charge in [-0.15, -0.1) is 11.3 Å². The van der Waals surface area contributed by atoms with Crippen molar-refractivity contribution in [3.63, 3.8) is 0 Å². The third-order valence-electron chi connectivity index (χ3n) is 3.14. The van der Waals surface area contributed by atoms with Crippen LogP contribution < -0.4 is 5.32 Å². The summed E-state index contributed by atoms with van der Waals surface area (Å²) in [6, 6.07) is 4.30. The molecule has 1 amide bonds. The highest BCUT2D eigenvalue weighted by molar-refractivity contribution is 7.14. The van der Waals surface area contributed by atoms with Gasteiger partial charge in [0.25, 0.3) is 5.91 Å². The number of anilines is 1. The van der Waals surface area contributed by atoms with Gasteiger partial charge in [0.2, 0.25) is 0 Å². The topological polar surface area (TPSA) is 51.2 Å². The molecule has 0 spiro atoms. The van der Waals surface area contributed by atoms with Gasteiger partial charge in [0.05, 0.1) is 5.69 Å². The van der Waals surface area contributed by atoms with Crippen molar-refractivity contribution in [3.8, 4) is 11.3 Å². The van der Waals surface area contributed by atoms with E-state index in [1.165, 1.54) is 35.1 Å². The van der Waals surface area contributed by atoms with E-state index in [9.17, 15) is 4.79 Å². The van der Waals surface area contributed by atoms with Crippen molar-refractivity contribution in [1.82, 2.24) is 4.98 Å². The zero-order valence-electron chi connectivity index (χ0n) is 12.1. The molecule has 2 aromatic rings. The van der Waals surface area contributed by atoms with E-state index >= 15 is 0 Å². The molecule has 0 aliphatic heterocycles. The largest absolute Gasteiger partial charge is 0.375 e. The number of aryl methyl sites for hydroxylation is 3. The van der Waals surface area contributed by atoms with Gasteiger partial charge in [-0.1, -0.05) is 6.07 Å². The van der Waals surface area contributed by atoms with Crippen LogP contribution in [0.5, 0.6) is 0 Å². The van der Waals surface area contributed by atoms with Crippen LogP contribution in [0.1, 0.15) is 16.7 Å². The molecule has 0 fully saturated rings. The second kappa shape index (κ2) is 6.15. The molecule has 4 nitrogen and oxygen atoms in total. The minimum Gasteiger partial charge on any atom is -0.375 e. The summed E-state index contributed by atoms with van der Waals surface area (Å²) in [5.41, 5.74) is 5.70. The van der Waals surface area contributed by atoms with Gasteiger partial charge < -0.3 is 4.74 Å². The van der Waals surface area contributed by atoms with E-state index in [0.717, 1.165) is 11.3 Å². The number of hydrogen-bond donors (Lipinski definition) is 1. The Morgan fingerprint density at radius 3 is 2.65 bits per heavy atom. The van der Waals surface area contributed by atoms with Crippen molar-refractivity contribution < 1.29 is 9.53 Å². The first kappa shape index (κ1) is 14.7. The molecule has 2 rings (SSSR count). The van der Waals surface area contributed by atoms with Crippen molar-refractivity contribution in [2.24, 2.45) is 0 Å². The van der Waals surface area contributed by atoms with E-state index in [1.807, 2.05) is 5.38 Å². The number of carbonyl (C=O) groups excluding carboxylic acids is 1. The van der Waals surface area contributed by atoms with E-state index in [-0.39, 0.29) is 12.5 Å². The number of ether oxygens (including phenoxy) is 1.